The van der Waals surface area contributed by atoms with Gasteiger partial charge >= 0.3 is 5.97 Å². The summed E-state index contributed by atoms with van der Waals surface area (Å²) >= 11 is 0. The smallest absolute Gasteiger partial charge is 0.325 e. The number of aromatic nitrogens is 1. The predicted molar refractivity (Wildman–Crippen MR) is 80.1 cm³/mol. The highest BCUT2D eigenvalue weighted by Crippen LogP contribution is 2.31. The maximum Gasteiger partial charge on any atom is 0.325 e. The largest absolute Gasteiger partial charge is 0.480 e. The van der Waals surface area contributed by atoms with E-state index in [0.717, 1.165) is 31.3 Å². The number of carboxylic acids is 1. The Labute approximate surface area is 120 Å². The molecular weight excluding hydrogens is 253 g/mol. The van der Waals surface area contributed by atoms with E-state index in [4.69, 9.17) is 5.73 Å². The molecule has 0 bridgehead atoms. The topological polar surface area (TPSA) is 79.5 Å². The minimum Gasteiger partial charge on any atom is -0.480 e. The van der Waals surface area contributed by atoms with Crippen LogP contribution in [0.4, 0.5) is 0 Å². The second-order valence-electron chi connectivity index (χ2n) is 5.72. The molecule has 0 spiro atoms. The summed E-state index contributed by atoms with van der Waals surface area (Å²) in [4.78, 5) is 17.8. The first-order valence-corrected chi connectivity index (χ1v) is 7.19. The number of nitrogens with two attached hydrogens (primary N) is 1. The minimum absolute atomic E-state index is 0.0246. The zero-order valence-corrected chi connectivity index (χ0v) is 12.0. The van der Waals surface area contributed by atoms with Crippen molar-refractivity contribution in [3.63, 3.8) is 0 Å². The van der Waals surface area contributed by atoms with Gasteiger partial charge in [-0.25, -0.2) is 0 Å². The van der Waals surface area contributed by atoms with Crippen LogP contribution in [0, 0.1) is 5.92 Å². The molecule has 2 heterocycles. The zero-order chi connectivity index (χ0) is 14.6. The van der Waals surface area contributed by atoms with E-state index in [2.05, 4.69) is 17.7 Å². The molecular formula is C14H22BN3O2. The summed E-state index contributed by atoms with van der Waals surface area (Å²) in [6.45, 7) is 1.87. The summed E-state index contributed by atoms with van der Waals surface area (Å²) in [6.07, 6.45) is 6.52. The zero-order valence-electron chi connectivity index (χ0n) is 12.0. The number of hydrogen-bond acceptors (Lipinski definition) is 4. The summed E-state index contributed by atoms with van der Waals surface area (Å²) in [5.74, 6) is -0.857. The number of carbonyl (C=O) groups is 1. The van der Waals surface area contributed by atoms with Crippen molar-refractivity contribution in [3.8, 4) is 0 Å². The minimum atomic E-state index is -1.11. The lowest BCUT2D eigenvalue weighted by molar-refractivity contribution is -0.144. The van der Waals surface area contributed by atoms with Crippen LogP contribution < -0.4 is 5.73 Å². The molecule has 1 saturated heterocycles. The van der Waals surface area contributed by atoms with Gasteiger partial charge in [0.2, 0.25) is 0 Å². The summed E-state index contributed by atoms with van der Waals surface area (Å²) in [5, 5.41) is 9.46. The fourth-order valence-corrected chi connectivity index (χ4v) is 2.95. The maximum atomic E-state index is 11.5. The van der Waals surface area contributed by atoms with Crippen LogP contribution in [0.2, 0.25) is 6.32 Å². The van der Waals surface area contributed by atoms with Gasteiger partial charge in [-0.1, -0.05) is 18.8 Å². The molecule has 6 heteroatoms. The van der Waals surface area contributed by atoms with Gasteiger partial charge in [0.05, 0.1) is 0 Å². The molecule has 108 valence electrons. The Bertz CT molecular complexity index is 457. The molecule has 2 atom stereocenters. The molecule has 1 aliphatic rings. The monoisotopic (exact) mass is 275 g/mol. The van der Waals surface area contributed by atoms with Crippen molar-refractivity contribution in [1.82, 2.24) is 9.88 Å². The third kappa shape index (κ3) is 3.19. The highest BCUT2D eigenvalue weighted by atomic mass is 16.4. The first-order valence-electron chi connectivity index (χ1n) is 7.19. The molecule has 0 amide bonds. The van der Waals surface area contributed by atoms with E-state index < -0.39 is 11.5 Å². The van der Waals surface area contributed by atoms with Crippen molar-refractivity contribution in [3.05, 3.63) is 30.1 Å². The van der Waals surface area contributed by atoms with Crippen LogP contribution in [-0.2, 0) is 11.3 Å². The molecule has 1 aromatic rings. The number of aliphatic carboxylic acids is 1. The average Bonchev–Trinajstić information content (AvgIpc) is 2.75. The highest BCUT2D eigenvalue weighted by molar-refractivity contribution is 6.08. The molecule has 0 unspecified atom stereocenters. The molecule has 1 aromatic heterocycles. The second-order valence-corrected chi connectivity index (χ2v) is 5.72. The first-order chi connectivity index (χ1) is 9.56. The summed E-state index contributed by atoms with van der Waals surface area (Å²) < 4.78 is 0. The van der Waals surface area contributed by atoms with Crippen molar-refractivity contribution in [2.45, 2.75) is 31.2 Å². The van der Waals surface area contributed by atoms with E-state index in [-0.39, 0.29) is 5.92 Å². The number of likely N-dealkylation sites (tertiary alicyclic amines) is 1. The summed E-state index contributed by atoms with van der Waals surface area (Å²) in [7, 11) is 2.11. The lowest BCUT2D eigenvalue weighted by Crippen LogP contribution is -2.54. The van der Waals surface area contributed by atoms with Crippen molar-refractivity contribution in [2.75, 3.05) is 13.1 Å². The van der Waals surface area contributed by atoms with E-state index in [1.54, 1.807) is 6.20 Å². The van der Waals surface area contributed by atoms with Crippen molar-refractivity contribution in [2.24, 2.45) is 11.7 Å². The van der Waals surface area contributed by atoms with Crippen LogP contribution in [0.5, 0.6) is 0 Å². The van der Waals surface area contributed by atoms with Crippen LogP contribution in [0.25, 0.3) is 0 Å². The summed E-state index contributed by atoms with van der Waals surface area (Å²) in [5.41, 5.74) is 6.15. The first kappa shape index (κ1) is 15.0. The Morgan fingerprint density at radius 1 is 1.65 bits per heavy atom. The lowest BCUT2D eigenvalue weighted by Gasteiger charge is -2.25. The number of hydrogen-bond donors (Lipinski definition) is 2. The summed E-state index contributed by atoms with van der Waals surface area (Å²) in [6, 6.07) is 3.90. The van der Waals surface area contributed by atoms with Gasteiger partial charge < -0.3 is 10.8 Å². The predicted octanol–water partition coefficient (Wildman–Crippen LogP) is 0.127. The molecule has 2 rings (SSSR count). The normalized spacial score (nSPS) is 26.8. The second kappa shape index (κ2) is 6.37. The van der Waals surface area contributed by atoms with Crippen LogP contribution in [0.1, 0.15) is 18.4 Å². The molecule has 5 nitrogen and oxygen atoms in total. The number of carboxylic acid groups (broad SMARTS) is 1. The van der Waals surface area contributed by atoms with E-state index >= 15 is 0 Å². The fraction of sp³-hybridized carbons (Fsp3) is 0.571. The van der Waals surface area contributed by atoms with Gasteiger partial charge in [-0.3, -0.25) is 14.7 Å². The van der Waals surface area contributed by atoms with Gasteiger partial charge in [0.15, 0.2) is 0 Å². The third-order valence-electron chi connectivity index (χ3n) is 4.13. The van der Waals surface area contributed by atoms with Gasteiger partial charge in [-0.05, 0) is 18.1 Å². The lowest BCUT2D eigenvalue weighted by atomic mass is 9.83. The molecule has 0 saturated carbocycles. The van der Waals surface area contributed by atoms with Crippen LogP contribution in [0.3, 0.4) is 0 Å². The van der Waals surface area contributed by atoms with Gasteiger partial charge in [-0.15, -0.1) is 0 Å². The highest BCUT2D eigenvalue weighted by Gasteiger charge is 2.48. The van der Waals surface area contributed by atoms with E-state index in [1.165, 1.54) is 0 Å². The number of nitrogens with zero attached hydrogens (tertiary/aromatic N) is 2. The van der Waals surface area contributed by atoms with Gasteiger partial charge in [0.1, 0.15) is 13.4 Å². The Kier molecular flexibility index (Phi) is 4.78. The molecule has 20 heavy (non-hydrogen) atoms. The molecule has 0 aliphatic carbocycles. The third-order valence-corrected chi connectivity index (χ3v) is 4.13. The van der Waals surface area contributed by atoms with E-state index in [1.807, 2.05) is 18.3 Å². The Morgan fingerprint density at radius 2 is 2.45 bits per heavy atom. The van der Waals surface area contributed by atoms with Gasteiger partial charge in [0.25, 0.3) is 0 Å². The molecule has 1 fully saturated rings. The quantitative estimate of drug-likeness (QED) is 0.721. The van der Waals surface area contributed by atoms with Gasteiger partial charge in [-0.2, -0.15) is 0 Å². The van der Waals surface area contributed by atoms with E-state index in [9.17, 15) is 9.90 Å². The number of rotatable bonds is 6. The Morgan fingerprint density at radius 3 is 3.05 bits per heavy atom. The Hall–Kier alpha value is -1.40. The number of pyridine rings is 1. The standard InChI is InChI=1S/C14H22BN3O2/c15-5-1-4-12-9-18(10-14(12,16)13(19)20)8-11-3-2-6-17-7-11/h2-3,6-7,12H,1,4-5,8-10,15-16H2,(H,19,20)/t12-,14-/m0/s1. The van der Waals surface area contributed by atoms with E-state index in [0.29, 0.717) is 13.1 Å². The molecule has 3 N–H and O–H groups in total. The van der Waals surface area contributed by atoms with Crippen molar-refractivity contribution >= 4 is 13.8 Å². The van der Waals surface area contributed by atoms with Crippen LogP contribution in [-0.4, -0.2) is 47.4 Å². The van der Waals surface area contributed by atoms with Gasteiger partial charge in [0, 0.05) is 37.9 Å². The molecule has 0 aromatic carbocycles. The molecule has 1 aliphatic heterocycles. The van der Waals surface area contributed by atoms with Crippen LogP contribution >= 0.6 is 0 Å². The molecule has 0 radical (unpaired) electrons. The van der Waals surface area contributed by atoms with Crippen LogP contribution in [0.15, 0.2) is 24.5 Å². The Balaban J connectivity index is 2.05. The average molecular weight is 275 g/mol. The maximum absolute atomic E-state index is 11.5. The van der Waals surface area contributed by atoms with Crippen molar-refractivity contribution < 1.29 is 9.90 Å². The van der Waals surface area contributed by atoms with Crippen molar-refractivity contribution in [1.29, 1.82) is 0 Å². The fourth-order valence-electron chi connectivity index (χ4n) is 2.95. The SMILES string of the molecule is BCCC[C@H]1CN(Cc2cccnc2)C[C@@]1(N)C(=O)O.